The van der Waals surface area contributed by atoms with Crippen LogP contribution in [0.3, 0.4) is 0 Å². The van der Waals surface area contributed by atoms with Crippen LogP contribution in [0.15, 0.2) is 0 Å². The summed E-state index contributed by atoms with van der Waals surface area (Å²) in [6.45, 7) is 3.83. The Kier molecular flexibility index (Phi) is 4.15. The van der Waals surface area contributed by atoms with Crippen LogP contribution in [-0.4, -0.2) is 42.4 Å². The van der Waals surface area contributed by atoms with Crippen molar-refractivity contribution in [2.24, 2.45) is 5.92 Å². The molecule has 2 saturated heterocycles. The summed E-state index contributed by atoms with van der Waals surface area (Å²) in [5.74, 6) is 0.551. The van der Waals surface area contributed by atoms with E-state index in [0.717, 1.165) is 32.2 Å². The fraction of sp³-hybridized carbons (Fsp3) is 0.846. The molecular weight excluding hydrogens is 218 g/mol. The Bertz CT molecular complexity index is 297. The second kappa shape index (κ2) is 5.63. The minimum absolute atomic E-state index is 0.122. The van der Waals surface area contributed by atoms with Crippen LogP contribution in [0.5, 0.6) is 0 Å². The van der Waals surface area contributed by atoms with E-state index in [9.17, 15) is 9.59 Å². The number of rotatable bonds is 3. The fourth-order valence-corrected chi connectivity index (χ4v) is 2.85. The molecule has 2 aliphatic rings. The van der Waals surface area contributed by atoms with Crippen LogP contribution in [0.1, 0.15) is 39.0 Å². The molecule has 17 heavy (non-hydrogen) atoms. The van der Waals surface area contributed by atoms with E-state index in [-0.39, 0.29) is 23.7 Å². The van der Waals surface area contributed by atoms with E-state index in [4.69, 9.17) is 4.74 Å². The number of ether oxygens (including phenoxy) is 1. The number of nitrogens with zero attached hydrogens (tertiary/aromatic N) is 1. The fourth-order valence-electron chi connectivity index (χ4n) is 2.85. The third-order valence-electron chi connectivity index (χ3n) is 3.75. The second-order valence-electron chi connectivity index (χ2n) is 5.12. The highest BCUT2D eigenvalue weighted by molar-refractivity contribution is 5.81. The predicted molar refractivity (Wildman–Crippen MR) is 63.6 cm³/mol. The summed E-state index contributed by atoms with van der Waals surface area (Å²) in [5.41, 5.74) is 0. The van der Waals surface area contributed by atoms with Crippen LogP contribution in [-0.2, 0) is 14.3 Å². The highest BCUT2D eigenvalue weighted by Gasteiger charge is 2.34. The molecular formula is C13H21NO3. The summed E-state index contributed by atoms with van der Waals surface area (Å²) in [6, 6.07) is 0.155. The lowest BCUT2D eigenvalue weighted by atomic mass is 9.97. The van der Waals surface area contributed by atoms with Gasteiger partial charge < -0.3 is 9.64 Å². The average molecular weight is 239 g/mol. The number of carbonyl (C=O) groups is 2. The maximum atomic E-state index is 12.4. The molecule has 0 aromatic rings. The standard InChI is InChI=1S/C13H21NO3/c1-10(15)9-12-3-2-6-14(12)13(16)11-4-7-17-8-5-11/h11-12H,2-9H2,1H3. The maximum Gasteiger partial charge on any atom is 0.226 e. The summed E-state index contributed by atoms with van der Waals surface area (Å²) >= 11 is 0. The van der Waals surface area contributed by atoms with E-state index in [1.807, 2.05) is 4.90 Å². The van der Waals surface area contributed by atoms with E-state index in [1.165, 1.54) is 0 Å². The van der Waals surface area contributed by atoms with Crippen LogP contribution in [0.2, 0.25) is 0 Å². The van der Waals surface area contributed by atoms with Crippen molar-refractivity contribution in [3.8, 4) is 0 Å². The van der Waals surface area contributed by atoms with Crippen LogP contribution >= 0.6 is 0 Å². The highest BCUT2D eigenvalue weighted by Crippen LogP contribution is 2.26. The Morgan fingerprint density at radius 1 is 1.24 bits per heavy atom. The number of amides is 1. The van der Waals surface area contributed by atoms with Gasteiger partial charge >= 0.3 is 0 Å². The molecule has 2 fully saturated rings. The van der Waals surface area contributed by atoms with E-state index < -0.39 is 0 Å². The third kappa shape index (κ3) is 3.06. The lowest BCUT2D eigenvalue weighted by Crippen LogP contribution is -2.42. The van der Waals surface area contributed by atoms with Gasteiger partial charge in [-0.2, -0.15) is 0 Å². The Morgan fingerprint density at radius 3 is 2.59 bits per heavy atom. The van der Waals surface area contributed by atoms with Gasteiger partial charge in [-0.05, 0) is 32.6 Å². The van der Waals surface area contributed by atoms with Crippen molar-refractivity contribution in [3.05, 3.63) is 0 Å². The lowest BCUT2D eigenvalue weighted by Gasteiger charge is -2.30. The first kappa shape index (κ1) is 12.6. The molecule has 0 radical (unpaired) electrons. The first-order valence-electron chi connectivity index (χ1n) is 6.56. The Hall–Kier alpha value is -0.900. The quantitative estimate of drug-likeness (QED) is 0.747. The van der Waals surface area contributed by atoms with Crippen LogP contribution in [0, 0.1) is 5.92 Å². The van der Waals surface area contributed by atoms with Gasteiger partial charge in [-0.25, -0.2) is 0 Å². The van der Waals surface area contributed by atoms with Crippen molar-refractivity contribution in [2.75, 3.05) is 19.8 Å². The molecule has 0 aliphatic carbocycles. The van der Waals surface area contributed by atoms with Gasteiger partial charge in [0.2, 0.25) is 5.91 Å². The molecule has 2 rings (SSSR count). The zero-order valence-electron chi connectivity index (χ0n) is 10.5. The number of ketones is 1. The summed E-state index contributed by atoms with van der Waals surface area (Å²) < 4.78 is 5.28. The largest absolute Gasteiger partial charge is 0.381 e. The molecule has 4 nitrogen and oxygen atoms in total. The Balaban J connectivity index is 1.94. The van der Waals surface area contributed by atoms with E-state index in [0.29, 0.717) is 19.6 Å². The maximum absolute atomic E-state index is 12.4. The van der Waals surface area contributed by atoms with Gasteiger partial charge in [-0.1, -0.05) is 0 Å². The van der Waals surface area contributed by atoms with Gasteiger partial charge in [0.25, 0.3) is 0 Å². The summed E-state index contributed by atoms with van der Waals surface area (Å²) in [6.07, 6.45) is 4.21. The monoisotopic (exact) mass is 239 g/mol. The SMILES string of the molecule is CC(=O)CC1CCCN1C(=O)C1CCOCC1. The number of hydrogen-bond acceptors (Lipinski definition) is 3. The highest BCUT2D eigenvalue weighted by atomic mass is 16.5. The van der Waals surface area contributed by atoms with E-state index in [2.05, 4.69) is 0 Å². The smallest absolute Gasteiger partial charge is 0.226 e. The van der Waals surface area contributed by atoms with Crippen molar-refractivity contribution in [2.45, 2.75) is 45.1 Å². The molecule has 0 spiro atoms. The van der Waals surface area contributed by atoms with Crippen molar-refractivity contribution in [1.29, 1.82) is 0 Å². The van der Waals surface area contributed by atoms with Gasteiger partial charge in [0.1, 0.15) is 5.78 Å². The first-order chi connectivity index (χ1) is 8.18. The first-order valence-corrected chi connectivity index (χ1v) is 6.56. The van der Waals surface area contributed by atoms with Crippen molar-refractivity contribution < 1.29 is 14.3 Å². The van der Waals surface area contributed by atoms with Gasteiger partial charge in [0.05, 0.1) is 0 Å². The molecule has 1 atom stereocenters. The van der Waals surface area contributed by atoms with E-state index >= 15 is 0 Å². The second-order valence-corrected chi connectivity index (χ2v) is 5.12. The molecule has 0 saturated carbocycles. The molecule has 0 N–H and O–H groups in total. The minimum Gasteiger partial charge on any atom is -0.381 e. The van der Waals surface area contributed by atoms with Crippen molar-refractivity contribution in [3.63, 3.8) is 0 Å². The van der Waals surface area contributed by atoms with Crippen molar-refractivity contribution >= 4 is 11.7 Å². The summed E-state index contributed by atoms with van der Waals surface area (Å²) in [5, 5.41) is 0. The number of carbonyl (C=O) groups excluding carboxylic acids is 2. The zero-order chi connectivity index (χ0) is 12.3. The van der Waals surface area contributed by atoms with Crippen molar-refractivity contribution in [1.82, 2.24) is 4.90 Å². The number of likely N-dealkylation sites (tertiary alicyclic amines) is 1. The summed E-state index contributed by atoms with van der Waals surface area (Å²) in [4.78, 5) is 25.5. The molecule has 2 aliphatic heterocycles. The van der Waals surface area contributed by atoms with Gasteiger partial charge in [-0.15, -0.1) is 0 Å². The lowest BCUT2D eigenvalue weighted by molar-refractivity contribution is -0.139. The van der Waals surface area contributed by atoms with Gasteiger partial charge in [0.15, 0.2) is 0 Å². The van der Waals surface area contributed by atoms with Crippen LogP contribution in [0.25, 0.3) is 0 Å². The zero-order valence-corrected chi connectivity index (χ0v) is 10.5. The topological polar surface area (TPSA) is 46.6 Å². The molecule has 4 heteroatoms. The van der Waals surface area contributed by atoms with Gasteiger partial charge in [0, 0.05) is 38.1 Å². The third-order valence-corrected chi connectivity index (χ3v) is 3.75. The molecule has 0 bridgehead atoms. The average Bonchev–Trinajstić information content (AvgIpc) is 2.76. The van der Waals surface area contributed by atoms with Crippen LogP contribution < -0.4 is 0 Å². The summed E-state index contributed by atoms with van der Waals surface area (Å²) in [7, 11) is 0. The Labute approximate surface area is 102 Å². The molecule has 1 amide bonds. The normalized spacial score (nSPS) is 26.2. The molecule has 2 heterocycles. The van der Waals surface area contributed by atoms with E-state index in [1.54, 1.807) is 6.92 Å². The molecule has 96 valence electrons. The molecule has 0 aromatic heterocycles. The number of hydrogen-bond donors (Lipinski definition) is 0. The Morgan fingerprint density at radius 2 is 1.94 bits per heavy atom. The molecule has 1 unspecified atom stereocenters. The van der Waals surface area contributed by atoms with Gasteiger partial charge in [-0.3, -0.25) is 9.59 Å². The van der Waals surface area contributed by atoms with Crippen LogP contribution in [0.4, 0.5) is 0 Å². The predicted octanol–water partition coefficient (Wildman–Crippen LogP) is 1.38. The molecule has 0 aromatic carbocycles. The minimum atomic E-state index is 0.122. The number of Topliss-reactive ketones (excluding diaryl/α,β-unsaturated/α-hetero) is 1.